The molecule has 0 unspecified atom stereocenters. The van der Waals surface area contributed by atoms with Gasteiger partial charge in [0.05, 0.1) is 0 Å². The van der Waals surface area contributed by atoms with Gasteiger partial charge < -0.3 is 14.2 Å². The Bertz CT molecular complexity index is 359. The van der Waals surface area contributed by atoms with E-state index in [2.05, 4.69) is 0 Å². The minimum absolute atomic E-state index is 0.0706. The summed E-state index contributed by atoms with van der Waals surface area (Å²) < 4.78 is 14.1. The van der Waals surface area contributed by atoms with E-state index >= 15 is 0 Å². The van der Waals surface area contributed by atoms with Crippen molar-refractivity contribution in [3.8, 4) is 0 Å². The van der Waals surface area contributed by atoms with Crippen LogP contribution in [0.3, 0.4) is 0 Å². The molecule has 0 amide bonds. The summed E-state index contributed by atoms with van der Waals surface area (Å²) in [6.07, 6.45) is -5.66. The Hall–Kier alpha value is -2.52. The van der Waals surface area contributed by atoms with Crippen molar-refractivity contribution in [1.29, 1.82) is 0 Å². The highest BCUT2D eigenvalue weighted by Crippen LogP contribution is 2.27. The molecule has 0 bridgehead atoms. The predicted octanol–water partition coefficient (Wildman–Crippen LogP) is -1.73. The Balaban J connectivity index is 3.42. The van der Waals surface area contributed by atoms with Gasteiger partial charge in [0.2, 0.25) is 0 Å². The molecule has 0 N–H and O–H groups in total. The molecule has 1 aliphatic rings. The lowest BCUT2D eigenvalue weighted by Gasteiger charge is -2.41. The Morgan fingerprint density at radius 1 is 0.667 bits per heavy atom. The third-order valence-corrected chi connectivity index (χ3v) is 2.56. The molecule has 0 aromatic rings. The van der Waals surface area contributed by atoms with Crippen LogP contribution < -0.4 is 0 Å². The topological polar surface area (TPSA) is 167 Å². The SMILES string of the molecule is COC1N([N+](=O)[O-])C(OC)N([N+](=O)[O-])C(OC)N1[N+](=O)[O-]. The normalized spacial score (nSPS) is 25.9. The van der Waals surface area contributed by atoms with Crippen LogP contribution in [0.15, 0.2) is 0 Å². The van der Waals surface area contributed by atoms with Gasteiger partial charge in [-0.25, -0.2) is 30.3 Å². The molecule has 0 saturated carbocycles. The zero-order chi connectivity index (χ0) is 16.3. The van der Waals surface area contributed by atoms with E-state index in [-0.39, 0.29) is 15.0 Å². The molecule has 15 nitrogen and oxygen atoms in total. The third-order valence-electron chi connectivity index (χ3n) is 2.56. The fourth-order valence-electron chi connectivity index (χ4n) is 1.82. The first-order valence-electron chi connectivity index (χ1n) is 5.18. The summed E-state index contributed by atoms with van der Waals surface area (Å²) in [5.41, 5.74) is 0. The summed E-state index contributed by atoms with van der Waals surface area (Å²) in [5.74, 6) is 0. The minimum atomic E-state index is -1.89. The van der Waals surface area contributed by atoms with Gasteiger partial charge in [-0.3, -0.25) is 0 Å². The van der Waals surface area contributed by atoms with Gasteiger partial charge >= 0.3 is 19.1 Å². The third kappa shape index (κ3) is 2.69. The van der Waals surface area contributed by atoms with E-state index in [1.807, 2.05) is 0 Å². The average molecular weight is 312 g/mol. The number of nitrogens with zero attached hydrogens (tertiary/aromatic N) is 6. The summed E-state index contributed by atoms with van der Waals surface area (Å²) in [6.45, 7) is 0. The van der Waals surface area contributed by atoms with Crippen LogP contribution in [-0.4, -0.2) is 70.5 Å². The first-order valence-corrected chi connectivity index (χ1v) is 5.18. The second kappa shape index (κ2) is 6.29. The molecule has 0 aromatic carbocycles. The number of hydrogen-bond acceptors (Lipinski definition) is 9. The molecule has 120 valence electrons. The molecule has 1 saturated heterocycles. The van der Waals surface area contributed by atoms with Gasteiger partial charge in [-0.15, -0.1) is 0 Å². The maximum Gasteiger partial charge on any atom is 0.329 e. The highest BCUT2D eigenvalue weighted by molar-refractivity contribution is 4.67. The van der Waals surface area contributed by atoms with Crippen LogP contribution in [0.1, 0.15) is 0 Å². The maximum atomic E-state index is 11.1. The Kier molecular flexibility index (Phi) is 4.95. The van der Waals surface area contributed by atoms with Gasteiger partial charge in [0, 0.05) is 21.3 Å². The second-order valence-corrected chi connectivity index (χ2v) is 3.54. The van der Waals surface area contributed by atoms with Crippen LogP contribution in [0.5, 0.6) is 0 Å². The fourth-order valence-corrected chi connectivity index (χ4v) is 1.82. The molecule has 0 radical (unpaired) electrons. The quantitative estimate of drug-likeness (QED) is 0.402. The zero-order valence-electron chi connectivity index (χ0n) is 11.1. The summed E-state index contributed by atoms with van der Waals surface area (Å²) in [7, 11) is 2.87. The summed E-state index contributed by atoms with van der Waals surface area (Å²) in [6, 6.07) is 0. The molecule has 1 fully saturated rings. The van der Waals surface area contributed by atoms with E-state index in [0.717, 1.165) is 21.3 Å². The van der Waals surface area contributed by atoms with Gasteiger partial charge in [-0.05, 0) is 15.0 Å². The van der Waals surface area contributed by atoms with Crippen molar-refractivity contribution in [1.82, 2.24) is 15.0 Å². The summed E-state index contributed by atoms with van der Waals surface area (Å²) >= 11 is 0. The van der Waals surface area contributed by atoms with E-state index < -0.39 is 34.2 Å². The first-order chi connectivity index (χ1) is 9.81. The molecular formula is C6H12N6O9. The van der Waals surface area contributed by atoms with Crippen molar-refractivity contribution in [3.05, 3.63) is 30.3 Å². The van der Waals surface area contributed by atoms with Crippen molar-refractivity contribution in [2.24, 2.45) is 0 Å². The van der Waals surface area contributed by atoms with Crippen LogP contribution in [0.4, 0.5) is 0 Å². The van der Waals surface area contributed by atoms with Crippen LogP contribution in [0, 0.1) is 30.3 Å². The van der Waals surface area contributed by atoms with Gasteiger partial charge in [0.25, 0.3) is 0 Å². The fraction of sp³-hybridized carbons (Fsp3) is 1.00. The molecule has 0 spiro atoms. The minimum Gasteiger partial charge on any atom is -0.336 e. The van der Waals surface area contributed by atoms with E-state index in [1.165, 1.54) is 0 Å². The Labute approximate surface area is 116 Å². The lowest BCUT2D eigenvalue weighted by molar-refractivity contribution is -0.843. The number of ether oxygens (including phenoxy) is 3. The van der Waals surface area contributed by atoms with Crippen molar-refractivity contribution >= 4 is 0 Å². The molecule has 15 heteroatoms. The number of rotatable bonds is 6. The van der Waals surface area contributed by atoms with Crippen LogP contribution in [-0.2, 0) is 14.2 Å². The lowest BCUT2D eigenvalue weighted by atomic mass is 10.5. The van der Waals surface area contributed by atoms with E-state index in [9.17, 15) is 30.3 Å². The van der Waals surface area contributed by atoms with E-state index in [0.29, 0.717) is 0 Å². The molecule has 1 rings (SSSR count). The first kappa shape index (κ1) is 16.5. The largest absolute Gasteiger partial charge is 0.336 e. The number of hydrazine groups is 3. The van der Waals surface area contributed by atoms with Crippen molar-refractivity contribution in [3.63, 3.8) is 0 Å². The molecule has 0 aliphatic carbocycles. The van der Waals surface area contributed by atoms with Crippen molar-refractivity contribution in [2.45, 2.75) is 19.1 Å². The number of methoxy groups -OCH3 is 3. The lowest BCUT2D eigenvalue weighted by Crippen LogP contribution is -2.75. The number of nitro groups is 3. The standard InChI is InChI=1S/C6H12N6O9/c1-19-4-7(10(13)14)5(20-2)9(12(17)18)6(21-3)8(4)11(15)16/h4-6H,1-3H3. The van der Waals surface area contributed by atoms with Gasteiger partial charge in [-0.2, -0.15) is 0 Å². The molecule has 1 heterocycles. The van der Waals surface area contributed by atoms with Crippen LogP contribution in [0.2, 0.25) is 0 Å². The smallest absolute Gasteiger partial charge is 0.329 e. The maximum absolute atomic E-state index is 11.1. The Morgan fingerprint density at radius 2 is 0.857 bits per heavy atom. The number of hydrogen-bond donors (Lipinski definition) is 0. The van der Waals surface area contributed by atoms with E-state index in [1.54, 1.807) is 0 Å². The molecule has 0 atom stereocenters. The van der Waals surface area contributed by atoms with Gasteiger partial charge in [0.1, 0.15) is 0 Å². The molecule has 21 heavy (non-hydrogen) atoms. The highest BCUT2D eigenvalue weighted by atomic mass is 16.8. The average Bonchev–Trinajstić information content (AvgIpc) is 2.42. The van der Waals surface area contributed by atoms with Crippen molar-refractivity contribution in [2.75, 3.05) is 21.3 Å². The highest BCUT2D eigenvalue weighted by Gasteiger charge is 2.63. The van der Waals surface area contributed by atoms with Gasteiger partial charge in [-0.1, -0.05) is 0 Å². The monoisotopic (exact) mass is 312 g/mol. The van der Waals surface area contributed by atoms with E-state index in [4.69, 9.17) is 14.2 Å². The van der Waals surface area contributed by atoms with Gasteiger partial charge in [0.15, 0.2) is 15.1 Å². The second-order valence-electron chi connectivity index (χ2n) is 3.54. The summed E-state index contributed by atoms with van der Waals surface area (Å²) in [4.78, 5) is 33.2. The van der Waals surface area contributed by atoms with Crippen LogP contribution in [0.25, 0.3) is 0 Å². The molecule has 0 aromatic heterocycles. The van der Waals surface area contributed by atoms with Crippen LogP contribution >= 0.6 is 0 Å². The summed E-state index contributed by atoms with van der Waals surface area (Å²) in [5, 5.41) is 30.1. The zero-order valence-corrected chi connectivity index (χ0v) is 11.1. The molecular weight excluding hydrogens is 300 g/mol. The predicted molar refractivity (Wildman–Crippen MR) is 58.9 cm³/mol. The van der Waals surface area contributed by atoms with Crippen molar-refractivity contribution < 1.29 is 29.3 Å². The molecule has 1 aliphatic heterocycles. The Morgan fingerprint density at radius 3 is 0.952 bits per heavy atom.